The van der Waals surface area contributed by atoms with Gasteiger partial charge in [-0.25, -0.2) is 0 Å². The van der Waals surface area contributed by atoms with Crippen LogP contribution in [0.1, 0.15) is 32.0 Å². The van der Waals surface area contributed by atoms with Crippen LogP contribution in [0.3, 0.4) is 0 Å². The summed E-state index contributed by atoms with van der Waals surface area (Å²) in [4.78, 5) is 12.0. The molecule has 7 nitrogen and oxygen atoms in total. The van der Waals surface area contributed by atoms with Crippen LogP contribution in [0.4, 0.5) is 5.88 Å². The fraction of sp³-hybridized carbons (Fsp3) is 0.333. The number of aromatic nitrogens is 3. The molecule has 0 saturated heterocycles. The van der Waals surface area contributed by atoms with E-state index in [1.54, 1.807) is 6.07 Å². The number of carbonyl (C=O) groups excluding carboxylic acids is 1. The van der Waals surface area contributed by atoms with Gasteiger partial charge in [-0.05, 0) is 19.1 Å². The average molecular weight is 372 g/mol. The fourth-order valence-electron chi connectivity index (χ4n) is 2.07. The van der Waals surface area contributed by atoms with Gasteiger partial charge in [-0.3, -0.25) is 10.1 Å². The predicted molar refractivity (Wildman–Crippen MR) is 99.0 cm³/mol. The number of hydrogen-bond acceptors (Lipinski definition) is 7. The highest BCUT2D eigenvalue weighted by atomic mass is 32.2. The molecule has 0 atom stereocenters. The van der Waals surface area contributed by atoms with Crippen molar-refractivity contribution in [2.75, 3.05) is 11.1 Å². The number of nitrogens with one attached hydrogen (secondary N) is 1. The summed E-state index contributed by atoms with van der Waals surface area (Å²) in [5.41, 5.74) is 2.63. The Bertz CT molecular complexity index is 894. The highest BCUT2D eigenvalue weighted by Gasteiger charge is 2.20. The Labute approximate surface area is 155 Å². The van der Waals surface area contributed by atoms with Gasteiger partial charge in [-0.1, -0.05) is 55.4 Å². The van der Waals surface area contributed by atoms with Gasteiger partial charge in [-0.15, -0.1) is 10.2 Å². The second-order valence-corrected chi connectivity index (χ2v) is 7.83. The van der Waals surface area contributed by atoms with E-state index in [1.807, 2.05) is 52.0 Å². The van der Waals surface area contributed by atoms with Crippen molar-refractivity contribution in [2.24, 2.45) is 0 Å². The molecule has 1 N–H and O–H groups in total. The maximum Gasteiger partial charge on any atom is 0.277 e. The normalized spacial score (nSPS) is 11.5. The van der Waals surface area contributed by atoms with Gasteiger partial charge < -0.3 is 8.94 Å². The van der Waals surface area contributed by atoms with Crippen LogP contribution in [0.5, 0.6) is 0 Å². The Balaban J connectivity index is 1.55. The van der Waals surface area contributed by atoms with E-state index in [0.717, 1.165) is 28.6 Å². The lowest BCUT2D eigenvalue weighted by atomic mass is 9.92. The van der Waals surface area contributed by atoms with Crippen molar-refractivity contribution in [1.82, 2.24) is 15.4 Å². The largest absolute Gasteiger partial charge is 0.411 e. The number of aryl methyl sites for hydroxylation is 1. The highest BCUT2D eigenvalue weighted by molar-refractivity contribution is 7.99. The zero-order valence-corrected chi connectivity index (χ0v) is 15.9. The molecular weight excluding hydrogens is 352 g/mol. The molecule has 0 saturated carbocycles. The molecule has 0 unspecified atom stereocenters. The van der Waals surface area contributed by atoms with Gasteiger partial charge in [0.05, 0.1) is 11.4 Å². The minimum atomic E-state index is -0.235. The third-order valence-corrected chi connectivity index (χ3v) is 4.39. The topological polar surface area (TPSA) is 94.1 Å². The number of nitrogens with zero attached hydrogens (tertiary/aromatic N) is 3. The van der Waals surface area contributed by atoms with Crippen LogP contribution < -0.4 is 5.32 Å². The van der Waals surface area contributed by atoms with Crippen LogP contribution in [-0.2, 0) is 10.2 Å². The second kappa shape index (κ2) is 7.33. The number of rotatable bonds is 5. The van der Waals surface area contributed by atoms with E-state index in [-0.39, 0.29) is 17.1 Å². The van der Waals surface area contributed by atoms with Crippen LogP contribution in [-0.4, -0.2) is 27.0 Å². The summed E-state index contributed by atoms with van der Waals surface area (Å²) >= 11 is 1.16. The molecule has 0 spiro atoms. The fourth-order valence-corrected chi connectivity index (χ4v) is 2.63. The summed E-state index contributed by atoms with van der Waals surface area (Å²) in [5.74, 6) is 0.646. The minimum absolute atomic E-state index is 0.126. The number of thioether (sulfide) groups is 1. The van der Waals surface area contributed by atoms with E-state index in [0.29, 0.717) is 17.0 Å². The van der Waals surface area contributed by atoms with Crippen molar-refractivity contribution in [3.05, 3.63) is 41.6 Å². The molecule has 0 bridgehead atoms. The van der Waals surface area contributed by atoms with Gasteiger partial charge in [-0.2, -0.15) is 0 Å². The summed E-state index contributed by atoms with van der Waals surface area (Å²) in [6.07, 6.45) is 0. The summed E-state index contributed by atoms with van der Waals surface area (Å²) in [7, 11) is 0. The SMILES string of the molecule is Cc1ccc(-c2nnc(SCC(=O)Nc3cc(C(C)(C)C)no3)o2)cc1. The maximum absolute atomic E-state index is 12.0. The van der Waals surface area contributed by atoms with Gasteiger partial charge in [0, 0.05) is 17.0 Å². The first-order chi connectivity index (χ1) is 12.3. The number of amides is 1. The van der Waals surface area contributed by atoms with Crippen LogP contribution >= 0.6 is 11.8 Å². The average Bonchev–Trinajstić information content (AvgIpc) is 3.22. The molecule has 0 aliphatic carbocycles. The van der Waals surface area contributed by atoms with Gasteiger partial charge in [0.15, 0.2) is 0 Å². The van der Waals surface area contributed by atoms with E-state index >= 15 is 0 Å². The third-order valence-electron chi connectivity index (χ3n) is 3.57. The quantitative estimate of drug-likeness (QED) is 0.675. The summed E-state index contributed by atoms with van der Waals surface area (Å²) < 4.78 is 10.7. The van der Waals surface area contributed by atoms with Crippen molar-refractivity contribution in [2.45, 2.75) is 38.3 Å². The molecule has 2 aromatic heterocycles. The molecule has 136 valence electrons. The standard InChI is InChI=1S/C18H20N4O3S/c1-11-5-7-12(8-6-11)16-20-21-17(24-16)26-10-14(23)19-15-9-13(22-25-15)18(2,3)4/h5-9H,10H2,1-4H3,(H,19,23). The Morgan fingerprint density at radius 1 is 1.19 bits per heavy atom. The van der Waals surface area contributed by atoms with E-state index in [1.165, 1.54) is 0 Å². The van der Waals surface area contributed by atoms with Crippen LogP contribution in [0, 0.1) is 6.92 Å². The lowest BCUT2D eigenvalue weighted by molar-refractivity contribution is -0.113. The minimum Gasteiger partial charge on any atom is -0.411 e. The molecule has 0 radical (unpaired) electrons. The predicted octanol–water partition coefficient (Wildman–Crippen LogP) is 4.06. The summed E-state index contributed by atoms with van der Waals surface area (Å²) in [6, 6.07) is 9.51. The van der Waals surface area contributed by atoms with E-state index in [9.17, 15) is 4.79 Å². The lowest BCUT2D eigenvalue weighted by Crippen LogP contribution is -2.14. The van der Waals surface area contributed by atoms with E-state index in [2.05, 4.69) is 20.7 Å². The van der Waals surface area contributed by atoms with Crippen LogP contribution in [0.2, 0.25) is 0 Å². The molecule has 1 aromatic carbocycles. The van der Waals surface area contributed by atoms with Crippen molar-refractivity contribution >= 4 is 23.6 Å². The zero-order chi connectivity index (χ0) is 18.7. The molecule has 0 aliphatic heterocycles. The Kier molecular flexibility index (Phi) is 5.13. The number of anilines is 1. The van der Waals surface area contributed by atoms with Gasteiger partial charge in [0.2, 0.25) is 17.7 Å². The van der Waals surface area contributed by atoms with Crippen molar-refractivity contribution < 1.29 is 13.7 Å². The van der Waals surface area contributed by atoms with E-state index < -0.39 is 0 Å². The number of benzene rings is 1. The van der Waals surface area contributed by atoms with Crippen molar-refractivity contribution in [3.8, 4) is 11.5 Å². The zero-order valence-electron chi connectivity index (χ0n) is 15.1. The second-order valence-electron chi connectivity index (χ2n) is 6.90. The summed E-state index contributed by atoms with van der Waals surface area (Å²) in [5, 5.41) is 14.9. The molecule has 0 aliphatic rings. The smallest absolute Gasteiger partial charge is 0.277 e. The Morgan fingerprint density at radius 2 is 1.92 bits per heavy atom. The van der Waals surface area contributed by atoms with Gasteiger partial charge >= 0.3 is 0 Å². The van der Waals surface area contributed by atoms with Gasteiger partial charge in [0.25, 0.3) is 5.22 Å². The third kappa shape index (κ3) is 4.51. The van der Waals surface area contributed by atoms with Crippen LogP contribution in [0.15, 0.2) is 44.5 Å². The first-order valence-electron chi connectivity index (χ1n) is 8.11. The van der Waals surface area contributed by atoms with Gasteiger partial charge in [0.1, 0.15) is 0 Å². The monoisotopic (exact) mass is 372 g/mol. The molecule has 8 heteroatoms. The Hall–Kier alpha value is -2.61. The maximum atomic E-state index is 12.0. The molecular formula is C18H20N4O3S. The first-order valence-corrected chi connectivity index (χ1v) is 9.10. The molecule has 0 fully saturated rings. The molecule has 2 heterocycles. The van der Waals surface area contributed by atoms with Crippen molar-refractivity contribution in [1.29, 1.82) is 0 Å². The highest BCUT2D eigenvalue weighted by Crippen LogP contribution is 2.25. The van der Waals surface area contributed by atoms with Crippen LogP contribution in [0.25, 0.3) is 11.5 Å². The molecule has 1 amide bonds. The molecule has 3 aromatic rings. The van der Waals surface area contributed by atoms with Crippen molar-refractivity contribution in [3.63, 3.8) is 0 Å². The summed E-state index contributed by atoms with van der Waals surface area (Å²) in [6.45, 7) is 8.07. The molecule has 3 rings (SSSR count). The number of carbonyl (C=O) groups is 1. The number of hydrogen-bond donors (Lipinski definition) is 1. The first kappa shape index (κ1) is 18.2. The Morgan fingerprint density at radius 3 is 2.58 bits per heavy atom. The molecule has 26 heavy (non-hydrogen) atoms. The van der Waals surface area contributed by atoms with E-state index in [4.69, 9.17) is 8.94 Å². The lowest BCUT2D eigenvalue weighted by Gasteiger charge is -2.12.